The first-order chi connectivity index (χ1) is 10.8. The SMILES string of the molecule is O=Cc1cn(C(=O)COCc2ccccc2)c2ccccc12. The Morgan fingerprint density at radius 3 is 2.55 bits per heavy atom. The molecule has 4 nitrogen and oxygen atoms in total. The van der Waals surface area contributed by atoms with Gasteiger partial charge in [-0.2, -0.15) is 0 Å². The van der Waals surface area contributed by atoms with Crippen LogP contribution in [0.5, 0.6) is 0 Å². The van der Waals surface area contributed by atoms with E-state index in [1.54, 1.807) is 6.20 Å². The molecule has 3 aromatic rings. The van der Waals surface area contributed by atoms with Crippen LogP contribution in [0.15, 0.2) is 60.8 Å². The Morgan fingerprint density at radius 1 is 1.05 bits per heavy atom. The van der Waals surface area contributed by atoms with Gasteiger partial charge in [0.15, 0.2) is 6.29 Å². The van der Waals surface area contributed by atoms with Crippen molar-refractivity contribution in [3.8, 4) is 0 Å². The molecule has 0 spiro atoms. The number of hydrogen-bond donors (Lipinski definition) is 0. The van der Waals surface area contributed by atoms with E-state index in [1.165, 1.54) is 4.57 Å². The van der Waals surface area contributed by atoms with E-state index >= 15 is 0 Å². The summed E-state index contributed by atoms with van der Waals surface area (Å²) in [6, 6.07) is 17.0. The lowest BCUT2D eigenvalue weighted by Gasteiger charge is -2.06. The third kappa shape index (κ3) is 2.82. The molecule has 0 saturated carbocycles. The van der Waals surface area contributed by atoms with Crippen molar-refractivity contribution in [2.75, 3.05) is 6.61 Å². The molecule has 0 atom stereocenters. The highest BCUT2D eigenvalue weighted by molar-refractivity contribution is 6.02. The number of ether oxygens (including phenoxy) is 1. The Bertz CT molecular complexity index is 806. The third-order valence-corrected chi connectivity index (χ3v) is 3.48. The van der Waals surface area contributed by atoms with Gasteiger partial charge in [0.25, 0.3) is 5.91 Å². The number of hydrogen-bond acceptors (Lipinski definition) is 3. The highest BCUT2D eigenvalue weighted by atomic mass is 16.5. The Labute approximate surface area is 127 Å². The van der Waals surface area contributed by atoms with Gasteiger partial charge in [-0.25, -0.2) is 0 Å². The summed E-state index contributed by atoms with van der Waals surface area (Å²) >= 11 is 0. The number of aromatic nitrogens is 1. The molecule has 0 aliphatic heterocycles. The van der Waals surface area contributed by atoms with Gasteiger partial charge in [-0.1, -0.05) is 48.5 Å². The predicted molar refractivity (Wildman–Crippen MR) is 84.1 cm³/mol. The van der Waals surface area contributed by atoms with E-state index in [0.29, 0.717) is 12.2 Å². The molecule has 0 bridgehead atoms. The summed E-state index contributed by atoms with van der Waals surface area (Å²) in [7, 11) is 0. The number of aldehydes is 1. The predicted octanol–water partition coefficient (Wildman–Crippen LogP) is 3.31. The second-order valence-electron chi connectivity index (χ2n) is 4.96. The fourth-order valence-electron chi connectivity index (χ4n) is 2.41. The first-order valence-corrected chi connectivity index (χ1v) is 7.00. The van der Waals surface area contributed by atoms with Gasteiger partial charge >= 0.3 is 0 Å². The molecule has 4 heteroatoms. The van der Waals surface area contributed by atoms with Crippen LogP contribution in [0.1, 0.15) is 20.7 Å². The van der Waals surface area contributed by atoms with Gasteiger partial charge in [0.1, 0.15) is 6.61 Å². The monoisotopic (exact) mass is 293 g/mol. The fraction of sp³-hybridized carbons (Fsp3) is 0.111. The molecule has 0 aliphatic carbocycles. The van der Waals surface area contributed by atoms with Crippen LogP contribution in [0, 0.1) is 0 Å². The second kappa shape index (κ2) is 6.37. The number of benzene rings is 2. The van der Waals surface area contributed by atoms with Crippen molar-refractivity contribution < 1.29 is 14.3 Å². The number of carbonyl (C=O) groups is 2. The van der Waals surface area contributed by atoms with E-state index in [-0.39, 0.29) is 12.5 Å². The Kier molecular flexibility index (Phi) is 4.12. The maximum atomic E-state index is 12.3. The lowest BCUT2D eigenvalue weighted by Crippen LogP contribution is -2.16. The zero-order chi connectivity index (χ0) is 15.4. The number of fused-ring (bicyclic) bond motifs is 1. The Balaban J connectivity index is 1.74. The molecule has 3 rings (SSSR count). The summed E-state index contributed by atoms with van der Waals surface area (Å²) in [6.45, 7) is 0.345. The van der Waals surface area contributed by atoms with Gasteiger partial charge in [0.05, 0.1) is 12.1 Å². The van der Waals surface area contributed by atoms with E-state index in [0.717, 1.165) is 22.8 Å². The van der Waals surface area contributed by atoms with Crippen LogP contribution in [-0.4, -0.2) is 23.4 Å². The Morgan fingerprint density at radius 2 is 1.77 bits per heavy atom. The maximum absolute atomic E-state index is 12.3. The van der Waals surface area contributed by atoms with Crippen LogP contribution in [0.25, 0.3) is 10.9 Å². The lowest BCUT2D eigenvalue weighted by molar-refractivity contribution is 0.0649. The van der Waals surface area contributed by atoms with Crippen molar-refractivity contribution in [1.82, 2.24) is 4.57 Å². The molecule has 22 heavy (non-hydrogen) atoms. The quantitative estimate of drug-likeness (QED) is 0.678. The van der Waals surface area contributed by atoms with Crippen LogP contribution in [0.4, 0.5) is 0 Å². The maximum Gasteiger partial charge on any atom is 0.257 e. The highest BCUT2D eigenvalue weighted by Crippen LogP contribution is 2.19. The summed E-state index contributed by atoms with van der Waals surface area (Å²) in [5.41, 5.74) is 2.24. The second-order valence-corrected chi connectivity index (χ2v) is 4.96. The van der Waals surface area contributed by atoms with Gasteiger partial charge in [-0.3, -0.25) is 14.2 Å². The summed E-state index contributed by atoms with van der Waals surface area (Å²) in [5, 5.41) is 0.772. The first-order valence-electron chi connectivity index (χ1n) is 7.00. The summed E-state index contributed by atoms with van der Waals surface area (Å²) in [4.78, 5) is 23.4. The minimum Gasteiger partial charge on any atom is -0.367 e. The average molecular weight is 293 g/mol. The molecule has 1 heterocycles. The lowest BCUT2D eigenvalue weighted by atomic mass is 10.2. The molecule has 0 radical (unpaired) electrons. The van der Waals surface area contributed by atoms with Crippen LogP contribution < -0.4 is 0 Å². The van der Waals surface area contributed by atoms with Gasteiger partial charge in [0.2, 0.25) is 0 Å². The van der Waals surface area contributed by atoms with E-state index in [9.17, 15) is 9.59 Å². The van der Waals surface area contributed by atoms with E-state index < -0.39 is 0 Å². The van der Waals surface area contributed by atoms with Crippen LogP contribution in [0.3, 0.4) is 0 Å². The van der Waals surface area contributed by atoms with Crippen LogP contribution in [-0.2, 0) is 11.3 Å². The molecule has 0 unspecified atom stereocenters. The number of para-hydroxylation sites is 1. The summed E-state index contributed by atoms with van der Waals surface area (Å²) < 4.78 is 6.95. The minimum absolute atomic E-state index is 0.0358. The summed E-state index contributed by atoms with van der Waals surface area (Å²) in [5.74, 6) is -0.194. The van der Waals surface area contributed by atoms with Crippen LogP contribution in [0.2, 0.25) is 0 Å². The molecule has 0 N–H and O–H groups in total. The average Bonchev–Trinajstić information content (AvgIpc) is 2.95. The molecule has 1 aromatic heterocycles. The molecular weight excluding hydrogens is 278 g/mol. The van der Waals surface area contributed by atoms with Crippen molar-refractivity contribution in [2.45, 2.75) is 6.61 Å². The molecule has 2 aromatic carbocycles. The molecule has 0 saturated heterocycles. The molecule has 0 fully saturated rings. The molecule has 0 aliphatic rings. The van der Waals surface area contributed by atoms with Crippen molar-refractivity contribution >= 4 is 23.1 Å². The fourth-order valence-corrected chi connectivity index (χ4v) is 2.41. The molecular formula is C18H15NO3. The van der Waals surface area contributed by atoms with Crippen molar-refractivity contribution in [1.29, 1.82) is 0 Å². The molecule has 110 valence electrons. The largest absolute Gasteiger partial charge is 0.367 e. The standard InChI is InChI=1S/C18H15NO3/c20-11-15-10-19(17-9-5-4-8-16(15)17)18(21)13-22-12-14-6-2-1-3-7-14/h1-11H,12-13H2. The van der Waals surface area contributed by atoms with Crippen molar-refractivity contribution in [3.63, 3.8) is 0 Å². The van der Waals surface area contributed by atoms with Crippen molar-refractivity contribution in [2.24, 2.45) is 0 Å². The third-order valence-electron chi connectivity index (χ3n) is 3.48. The van der Waals surface area contributed by atoms with E-state index in [4.69, 9.17) is 4.74 Å². The van der Waals surface area contributed by atoms with E-state index in [2.05, 4.69) is 0 Å². The van der Waals surface area contributed by atoms with Gasteiger partial charge in [0, 0.05) is 17.1 Å². The number of nitrogens with zero attached hydrogens (tertiary/aromatic N) is 1. The number of carbonyl (C=O) groups excluding carboxylic acids is 2. The zero-order valence-electron chi connectivity index (χ0n) is 11.9. The minimum atomic E-state index is -0.194. The topological polar surface area (TPSA) is 48.3 Å². The molecule has 0 amide bonds. The van der Waals surface area contributed by atoms with Crippen LogP contribution >= 0.6 is 0 Å². The Hall–Kier alpha value is -2.72. The van der Waals surface area contributed by atoms with Gasteiger partial charge in [-0.05, 0) is 11.6 Å². The summed E-state index contributed by atoms with van der Waals surface area (Å²) in [6.07, 6.45) is 2.32. The first kappa shape index (κ1) is 14.2. The highest BCUT2D eigenvalue weighted by Gasteiger charge is 2.13. The normalized spacial score (nSPS) is 10.7. The zero-order valence-corrected chi connectivity index (χ0v) is 11.9. The number of rotatable bonds is 5. The van der Waals surface area contributed by atoms with Crippen molar-refractivity contribution in [3.05, 3.63) is 71.9 Å². The van der Waals surface area contributed by atoms with Gasteiger partial charge < -0.3 is 4.74 Å². The van der Waals surface area contributed by atoms with E-state index in [1.807, 2.05) is 54.6 Å². The van der Waals surface area contributed by atoms with Gasteiger partial charge in [-0.15, -0.1) is 0 Å². The smallest absolute Gasteiger partial charge is 0.257 e.